The van der Waals surface area contributed by atoms with Crippen LogP contribution in [0.5, 0.6) is 17.2 Å². The smallest absolute Gasteiger partial charge is 0.277 e. The van der Waals surface area contributed by atoms with Crippen molar-refractivity contribution in [3.63, 3.8) is 0 Å². The normalized spacial score (nSPS) is 10.4. The minimum atomic E-state index is -0.128. The van der Waals surface area contributed by atoms with Crippen LogP contribution >= 0.6 is 11.8 Å². The SMILES string of the molecule is COc1ccc(CNC(=O)CSc2nnc(-c3ccc(OC)c(OC)c3)o2)cc1. The maximum atomic E-state index is 12.1. The van der Waals surface area contributed by atoms with Gasteiger partial charge in [-0.3, -0.25) is 4.79 Å². The first kappa shape index (κ1) is 20.5. The highest BCUT2D eigenvalue weighted by Crippen LogP contribution is 2.32. The minimum absolute atomic E-state index is 0.128. The van der Waals surface area contributed by atoms with E-state index in [9.17, 15) is 4.79 Å². The first-order valence-electron chi connectivity index (χ1n) is 8.71. The number of carbonyl (C=O) groups is 1. The third kappa shape index (κ3) is 5.41. The molecule has 1 aromatic heterocycles. The van der Waals surface area contributed by atoms with Gasteiger partial charge in [0.05, 0.1) is 27.1 Å². The fourth-order valence-corrected chi connectivity index (χ4v) is 3.07. The number of amides is 1. The molecule has 29 heavy (non-hydrogen) atoms. The van der Waals surface area contributed by atoms with Gasteiger partial charge in [-0.15, -0.1) is 10.2 Å². The number of rotatable bonds is 9. The van der Waals surface area contributed by atoms with Gasteiger partial charge in [0.15, 0.2) is 11.5 Å². The van der Waals surface area contributed by atoms with E-state index in [1.54, 1.807) is 39.5 Å². The van der Waals surface area contributed by atoms with Crippen molar-refractivity contribution < 1.29 is 23.4 Å². The lowest BCUT2D eigenvalue weighted by atomic mass is 10.2. The molecule has 0 saturated carbocycles. The van der Waals surface area contributed by atoms with Crippen molar-refractivity contribution in [2.45, 2.75) is 11.8 Å². The van der Waals surface area contributed by atoms with Crippen LogP contribution in [-0.2, 0) is 11.3 Å². The first-order valence-corrected chi connectivity index (χ1v) is 9.70. The molecule has 1 heterocycles. The number of carbonyl (C=O) groups excluding carboxylic acids is 1. The van der Waals surface area contributed by atoms with E-state index in [0.29, 0.717) is 34.7 Å². The molecule has 0 bridgehead atoms. The third-order valence-corrected chi connectivity index (χ3v) is 4.83. The number of nitrogens with zero attached hydrogens (tertiary/aromatic N) is 2. The molecule has 0 aliphatic rings. The lowest BCUT2D eigenvalue weighted by Crippen LogP contribution is -2.24. The van der Waals surface area contributed by atoms with Crippen LogP contribution in [0.1, 0.15) is 5.56 Å². The summed E-state index contributed by atoms with van der Waals surface area (Å²) in [5, 5.41) is 11.2. The fourth-order valence-electron chi connectivity index (χ4n) is 2.48. The van der Waals surface area contributed by atoms with Gasteiger partial charge in [-0.05, 0) is 35.9 Å². The predicted molar refractivity (Wildman–Crippen MR) is 108 cm³/mol. The van der Waals surface area contributed by atoms with Crippen LogP contribution in [0.25, 0.3) is 11.5 Å². The molecule has 0 aliphatic heterocycles. The largest absolute Gasteiger partial charge is 0.497 e. The van der Waals surface area contributed by atoms with E-state index in [4.69, 9.17) is 18.6 Å². The number of aromatic nitrogens is 2. The monoisotopic (exact) mass is 415 g/mol. The van der Waals surface area contributed by atoms with Crippen molar-refractivity contribution in [3.05, 3.63) is 48.0 Å². The molecule has 0 radical (unpaired) electrons. The summed E-state index contributed by atoms with van der Waals surface area (Å²) in [4.78, 5) is 12.1. The van der Waals surface area contributed by atoms with Gasteiger partial charge in [0, 0.05) is 12.1 Å². The van der Waals surface area contributed by atoms with Crippen LogP contribution in [0.2, 0.25) is 0 Å². The average Bonchev–Trinajstić information content (AvgIpc) is 3.25. The predicted octanol–water partition coefficient (Wildman–Crippen LogP) is 3.17. The van der Waals surface area contributed by atoms with E-state index in [-0.39, 0.29) is 11.7 Å². The molecule has 3 aromatic rings. The van der Waals surface area contributed by atoms with Gasteiger partial charge in [0.1, 0.15) is 5.75 Å². The standard InChI is InChI=1S/C20H21N3O5S/c1-25-15-7-4-13(5-8-15)11-21-18(24)12-29-20-23-22-19(28-20)14-6-9-16(26-2)17(10-14)27-3/h4-10H,11-12H2,1-3H3,(H,21,24). The average molecular weight is 415 g/mol. The highest BCUT2D eigenvalue weighted by atomic mass is 32.2. The molecule has 0 spiro atoms. The molecular weight excluding hydrogens is 394 g/mol. The molecule has 9 heteroatoms. The molecule has 1 N–H and O–H groups in total. The number of benzene rings is 2. The number of ether oxygens (including phenoxy) is 3. The van der Waals surface area contributed by atoms with E-state index >= 15 is 0 Å². The summed E-state index contributed by atoms with van der Waals surface area (Å²) in [6.07, 6.45) is 0. The van der Waals surface area contributed by atoms with Gasteiger partial charge in [0.2, 0.25) is 11.8 Å². The maximum Gasteiger partial charge on any atom is 0.277 e. The quantitative estimate of drug-likeness (QED) is 0.533. The Bertz CT molecular complexity index is 959. The second-order valence-corrected chi connectivity index (χ2v) is 6.78. The highest BCUT2D eigenvalue weighted by molar-refractivity contribution is 7.99. The summed E-state index contributed by atoms with van der Waals surface area (Å²) in [7, 11) is 4.74. The topological polar surface area (TPSA) is 95.7 Å². The summed E-state index contributed by atoms with van der Waals surface area (Å²) in [5.74, 6) is 2.33. The van der Waals surface area contributed by atoms with Crippen LogP contribution in [0, 0.1) is 0 Å². The second-order valence-electron chi connectivity index (χ2n) is 5.86. The van der Waals surface area contributed by atoms with Crippen molar-refractivity contribution >= 4 is 17.7 Å². The first-order chi connectivity index (χ1) is 14.1. The molecule has 1 amide bonds. The zero-order valence-corrected chi connectivity index (χ0v) is 17.1. The number of methoxy groups -OCH3 is 3. The van der Waals surface area contributed by atoms with Gasteiger partial charge in [-0.25, -0.2) is 0 Å². The summed E-state index contributed by atoms with van der Waals surface area (Å²) >= 11 is 1.17. The molecule has 152 valence electrons. The van der Waals surface area contributed by atoms with Crippen molar-refractivity contribution in [2.75, 3.05) is 27.1 Å². The molecule has 0 unspecified atom stereocenters. The van der Waals surface area contributed by atoms with E-state index in [0.717, 1.165) is 11.3 Å². The zero-order valence-electron chi connectivity index (χ0n) is 16.3. The van der Waals surface area contributed by atoms with Crippen molar-refractivity contribution in [3.8, 4) is 28.7 Å². The highest BCUT2D eigenvalue weighted by Gasteiger charge is 2.13. The van der Waals surface area contributed by atoms with Crippen LogP contribution in [-0.4, -0.2) is 43.2 Å². The zero-order chi connectivity index (χ0) is 20.6. The Hall–Kier alpha value is -3.20. The third-order valence-electron chi connectivity index (χ3n) is 4.01. The summed E-state index contributed by atoms with van der Waals surface area (Å²) < 4.78 is 21.2. The molecule has 3 rings (SSSR count). The van der Waals surface area contributed by atoms with Gasteiger partial charge >= 0.3 is 0 Å². The Balaban J connectivity index is 1.52. The number of thioether (sulfide) groups is 1. The Morgan fingerprint density at radius 2 is 1.76 bits per heavy atom. The lowest BCUT2D eigenvalue weighted by molar-refractivity contribution is -0.118. The number of nitrogens with one attached hydrogen (secondary N) is 1. The molecule has 0 aliphatic carbocycles. The molecule has 8 nitrogen and oxygen atoms in total. The second kappa shape index (κ2) is 9.83. The van der Waals surface area contributed by atoms with Gasteiger partial charge in [-0.1, -0.05) is 23.9 Å². The van der Waals surface area contributed by atoms with Crippen LogP contribution in [0.15, 0.2) is 52.1 Å². The summed E-state index contributed by atoms with van der Waals surface area (Å²) in [5.41, 5.74) is 1.68. The molecule has 2 aromatic carbocycles. The Morgan fingerprint density at radius 3 is 2.45 bits per heavy atom. The minimum Gasteiger partial charge on any atom is -0.497 e. The van der Waals surface area contributed by atoms with Crippen molar-refractivity contribution in [1.82, 2.24) is 15.5 Å². The lowest BCUT2D eigenvalue weighted by Gasteiger charge is -2.07. The fraction of sp³-hybridized carbons (Fsp3) is 0.250. The van der Waals surface area contributed by atoms with E-state index < -0.39 is 0 Å². The van der Waals surface area contributed by atoms with E-state index in [1.165, 1.54) is 11.8 Å². The number of hydrogen-bond acceptors (Lipinski definition) is 8. The van der Waals surface area contributed by atoms with Crippen LogP contribution in [0.4, 0.5) is 0 Å². The Kier molecular flexibility index (Phi) is 6.96. The molecular formula is C20H21N3O5S. The summed E-state index contributed by atoms with van der Waals surface area (Å²) in [6, 6.07) is 12.8. The summed E-state index contributed by atoms with van der Waals surface area (Å²) in [6.45, 7) is 0.435. The molecule has 0 atom stereocenters. The van der Waals surface area contributed by atoms with Crippen LogP contribution in [0.3, 0.4) is 0 Å². The van der Waals surface area contributed by atoms with E-state index in [2.05, 4.69) is 15.5 Å². The van der Waals surface area contributed by atoms with Crippen molar-refractivity contribution in [1.29, 1.82) is 0 Å². The van der Waals surface area contributed by atoms with Gasteiger partial charge < -0.3 is 23.9 Å². The molecule has 0 fully saturated rings. The Morgan fingerprint density at radius 1 is 1.00 bits per heavy atom. The van der Waals surface area contributed by atoms with Gasteiger partial charge in [0.25, 0.3) is 5.22 Å². The van der Waals surface area contributed by atoms with Crippen LogP contribution < -0.4 is 19.5 Å². The molecule has 0 saturated heterocycles. The van der Waals surface area contributed by atoms with Gasteiger partial charge in [-0.2, -0.15) is 0 Å². The maximum absolute atomic E-state index is 12.1. The Labute approximate surface area is 172 Å². The number of hydrogen-bond donors (Lipinski definition) is 1. The van der Waals surface area contributed by atoms with Crippen molar-refractivity contribution in [2.24, 2.45) is 0 Å². The van der Waals surface area contributed by atoms with E-state index in [1.807, 2.05) is 24.3 Å².